The fourth-order valence-corrected chi connectivity index (χ4v) is 4.40. The van der Waals surface area contributed by atoms with Gasteiger partial charge >= 0.3 is 6.18 Å². The van der Waals surface area contributed by atoms with E-state index < -0.39 is 11.7 Å². The van der Waals surface area contributed by atoms with Crippen molar-refractivity contribution in [3.05, 3.63) is 88.0 Å². The summed E-state index contributed by atoms with van der Waals surface area (Å²) in [6, 6.07) is 12.2. The standard InChI is InChI=1S/C23H16F3N5O2S/c1-33-19-8-3-2-7-17(19)21-29-15(12-34-21)11-30-13-27-20-18(22(30)32)10-28-31(20)16-6-4-5-14(9-16)23(24,25)26/h2-10,12-13H,11H2,1H3. The number of benzene rings is 2. The van der Waals surface area contributed by atoms with Gasteiger partial charge in [-0.1, -0.05) is 18.2 Å². The Balaban J connectivity index is 1.47. The van der Waals surface area contributed by atoms with E-state index in [0.717, 1.165) is 22.7 Å². The lowest BCUT2D eigenvalue weighted by atomic mass is 10.2. The van der Waals surface area contributed by atoms with Gasteiger partial charge in [0.25, 0.3) is 5.56 Å². The van der Waals surface area contributed by atoms with Gasteiger partial charge in [0.05, 0.1) is 42.4 Å². The Bertz CT molecular complexity index is 1550. The molecule has 7 nitrogen and oxygen atoms in total. The van der Waals surface area contributed by atoms with Gasteiger partial charge in [0.15, 0.2) is 5.65 Å². The maximum absolute atomic E-state index is 13.1. The van der Waals surface area contributed by atoms with Gasteiger partial charge in [-0.2, -0.15) is 18.3 Å². The van der Waals surface area contributed by atoms with Gasteiger partial charge in [-0.25, -0.2) is 14.6 Å². The largest absolute Gasteiger partial charge is 0.496 e. The van der Waals surface area contributed by atoms with Crippen LogP contribution in [0.5, 0.6) is 5.75 Å². The molecule has 0 radical (unpaired) electrons. The highest BCUT2D eigenvalue weighted by atomic mass is 32.1. The van der Waals surface area contributed by atoms with E-state index in [9.17, 15) is 18.0 Å². The molecule has 3 heterocycles. The van der Waals surface area contributed by atoms with Crippen molar-refractivity contribution in [3.63, 3.8) is 0 Å². The van der Waals surface area contributed by atoms with Crippen molar-refractivity contribution in [3.8, 4) is 22.0 Å². The maximum atomic E-state index is 13.1. The van der Waals surface area contributed by atoms with Crippen LogP contribution in [0, 0.1) is 0 Å². The Morgan fingerprint density at radius 3 is 2.74 bits per heavy atom. The monoisotopic (exact) mass is 483 g/mol. The summed E-state index contributed by atoms with van der Waals surface area (Å²) < 4.78 is 47.3. The van der Waals surface area contributed by atoms with Crippen LogP contribution >= 0.6 is 11.3 Å². The molecule has 0 saturated carbocycles. The zero-order chi connectivity index (χ0) is 23.9. The van der Waals surface area contributed by atoms with Crippen molar-refractivity contribution in [2.24, 2.45) is 0 Å². The average Bonchev–Trinajstić information content (AvgIpc) is 3.48. The fraction of sp³-hybridized carbons (Fsp3) is 0.130. The van der Waals surface area contributed by atoms with Crippen molar-refractivity contribution in [1.29, 1.82) is 0 Å². The molecule has 2 aromatic carbocycles. The fourth-order valence-electron chi connectivity index (χ4n) is 3.56. The van der Waals surface area contributed by atoms with Crippen LogP contribution in [0.4, 0.5) is 13.2 Å². The molecular formula is C23H16F3N5O2S. The zero-order valence-corrected chi connectivity index (χ0v) is 18.5. The quantitative estimate of drug-likeness (QED) is 0.360. The molecular weight excluding hydrogens is 467 g/mol. The first-order valence-corrected chi connectivity index (χ1v) is 10.9. The number of thiazole rings is 1. The lowest BCUT2D eigenvalue weighted by Crippen LogP contribution is -2.21. The smallest absolute Gasteiger partial charge is 0.416 e. The second-order valence-corrected chi connectivity index (χ2v) is 8.22. The molecule has 172 valence electrons. The average molecular weight is 483 g/mol. The second kappa shape index (κ2) is 8.41. The Labute approximate surface area is 194 Å². The normalized spacial score (nSPS) is 11.8. The number of methoxy groups -OCH3 is 1. The van der Waals surface area contributed by atoms with Gasteiger partial charge in [0, 0.05) is 5.38 Å². The first-order valence-electron chi connectivity index (χ1n) is 10.0. The molecule has 5 aromatic rings. The van der Waals surface area contributed by atoms with Crippen molar-refractivity contribution in [2.45, 2.75) is 12.7 Å². The van der Waals surface area contributed by atoms with Crippen LogP contribution in [0.2, 0.25) is 0 Å². The Morgan fingerprint density at radius 2 is 1.94 bits per heavy atom. The number of hydrogen-bond acceptors (Lipinski definition) is 6. The number of halogens is 3. The third-order valence-electron chi connectivity index (χ3n) is 5.19. The molecule has 0 bridgehead atoms. The van der Waals surface area contributed by atoms with Gasteiger partial charge in [-0.3, -0.25) is 9.36 Å². The third-order valence-corrected chi connectivity index (χ3v) is 6.12. The highest BCUT2D eigenvalue weighted by molar-refractivity contribution is 7.13. The van der Waals surface area contributed by atoms with Gasteiger partial charge in [0.1, 0.15) is 22.5 Å². The molecule has 11 heteroatoms. The van der Waals surface area contributed by atoms with Crippen LogP contribution in [0.1, 0.15) is 11.3 Å². The van der Waals surface area contributed by atoms with Crippen LogP contribution in [-0.2, 0) is 12.7 Å². The number of nitrogens with zero attached hydrogens (tertiary/aromatic N) is 5. The van der Waals surface area contributed by atoms with Crippen molar-refractivity contribution < 1.29 is 17.9 Å². The Kier molecular flexibility index (Phi) is 5.40. The summed E-state index contributed by atoms with van der Waals surface area (Å²) in [5.74, 6) is 0.700. The molecule has 0 atom stereocenters. The van der Waals surface area contributed by atoms with Gasteiger partial charge in [0.2, 0.25) is 0 Å². The molecule has 0 unspecified atom stereocenters. The summed E-state index contributed by atoms with van der Waals surface area (Å²) in [7, 11) is 1.59. The number of aromatic nitrogens is 5. The number of hydrogen-bond donors (Lipinski definition) is 0. The summed E-state index contributed by atoms with van der Waals surface area (Å²) in [4.78, 5) is 21.9. The van der Waals surface area contributed by atoms with Gasteiger partial charge in [-0.15, -0.1) is 11.3 Å². The van der Waals surface area contributed by atoms with E-state index in [-0.39, 0.29) is 28.8 Å². The van der Waals surface area contributed by atoms with E-state index in [2.05, 4.69) is 15.1 Å². The van der Waals surface area contributed by atoms with Crippen molar-refractivity contribution in [2.75, 3.05) is 7.11 Å². The van der Waals surface area contributed by atoms with Crippen molar-refractivity contribution >= 4 is 22.4 Å². The molecule has 0 amide bonds. The van der Waals surface area contributed by atoms with Crippen LogP contribution in [0.15, 0.2) is 71.2 Å². The van der Waals surface area contributed by atoms with Crippen LogP contribution in [-0.4, -0.2) is 31.4 Å². The molecule has 34 heavy (non-hydrogen) atoms. The molecule has 0 spiro atoms. The number of ether oxygens (including phenoxy) is 1. The second-order valence-electron chi connectivity index (χ2n) is 7.36. The third kappa shape index (κ3) is 3.94. The van der Waals surface area contributed by atoms with Crippen LogP contribution in [0.3, 0.4) is 0 Å². The molecule has 5 rings (SSSR count). The topological polar surface area (TPSA) is 74.8 Å². The minimum absolute atomic E-state index is 0.162. The van der Waals surface area contributed by atoms with E-state index in [0.29, 0.717) is 11.4 Å². The van der Waals surface area contributed by atoms with Gasteiger partial charge in [-0.05, 0) is 30.3 Å². The summed E-state index contributed by atoms with van der Waals surface area (Å²) in [6.45, 7) is 0.183. The number of alkyl halides is 3. The Morgan fingerprint density at radius 1 is 1.12 bits per heavy atom. The molecule has 0 saturated heterocycles. The molecule has 3 aromatic heterocycles. The minimum Gasteiger partial charge on any atom is -0.496 e. The number of fused-ring (bicyclic) bond motifs is 1. The summed E-state index contributed by atoms with van der Waals surface area (Å²) >= 11 is 1.43. The molecule has 0 aliphatic carbocycles. The first-order chi connectivity index (χ1) is 16.3. The van der Waals surface area contributed by atoms with Crippen LogP contribution in [0.25, 0.3) is 27.3 Å². The van der Waals surface area contributed by atoms with E-state index >= 15 is 0 Å². The molecule has 0 aliphatic heterocycles. The van der Waals surface area contributed by atoms with E-state index in [4.69, 9.17) is 4.74 Å². The van der Waals surface area contributed by atoms with E-state index in [1.807, 2.05) is 29.6 Å². The summed E-state index contributed by atoms with van der Waals surface area (Å²) in [5, 5.41) is 6.91. The molecule has 0 aliphatic rings. The van der Waals surface area contributed by atoms with E-state index in [1.54, 1.807) is 7.11 Å². The van der Waals surface area contributed by atoms with E-state index in [1.165, 1.54) is 45.2 Å². The highest BCUT2D eigenvalue weighted by Crippen LogP contribution is 2.32. The minimum atomic E-state index is -4.49. The summed E-state index contributed by atoms with van der Waals surface area (Å²) in [5.41, 5.74) is 0.680. The SMILES string of the molecule is COc1ccccc1-c1nc(Cn2cnc3c(cnn3-c3cccc(C(F)(F)F)c3)c2=O)cs1. The maximum Gasteiger partial charge on any atom is 0.416 e. The predicted molar refractivity (Wildman–Crippen MR) is 121 cm³/mol. The predicted octanol–water partition coefficient (Wildman–Crippen LogP) is 4.78. The highest BCUT2D eigenvalue weighted by Gasteiger charge is 2.30. The molecule has 0 fully saturated rings. The molecule has 0 N–H and O–H groups in total. The lowest BCUT2D eigenvalue weighted by Gasteiger charge is -2.09. The summed E-state index contributed by atoms with van der Waals surface area (Å²) in [6.07, 6.45) is -1.84. The van der Waals surface area contributed by atoms with Crippen molar-refractivity contribution in [1.82, 2.24) is 24.3 Å². The zero-order valence-electron chi connectivity index (χ0n) is 17.7. The first kappa shape index (κ1) is 21.8. The Hall–Kier alpha value is -3.99. The number of rotatable bonds is 5. The van der Waals surface area contributed by atoms with Crippen LogP contribution < -0.4 is 10.3 Å². The number of para-hydroxylation sites is 1. The lowest BCUT2D eigenvalue weighted by molar-refractivity contribution is -0.137. The van der Waals surface area contributed by atoms with Gasteiger partial charge < -0.3 is 4.74 Å².